The van der Waals surface area contributed by atoms with Gasteiger partial charge in [0.1, 0.15) is 5.58 Å². The van der Waals surface area contributed by atoms with E-state index in [9.17, 15) is 4.79 Å². The molecule has 6 heteroatoms. The molecule has 28 heavy (non-hydrogen) atoms. The summed E-state index contributed by atoms with van der Waals surface area (Å²) in [5.41, 5.74) is 4.69. The summed E-state index contributed by atoms with van der Waals surface area (Å²) in [6.45, 7) is 6.03. The van der Waals surface area contributed by atoms with Gasteiger partial charge in [-0.05, 0) is 50.1 Å². The Labute approximate surface area is 175 Å². The monoisotopic (exact) mass is 454 g/mol. The number of nitrogens with zero attached hydrogens (tertiary/aromatic N) is 1. The standard InChI is InChI=1S/C22H19BrN2O2S/c1-4-14-5-10-18-17(11-14)12(2)20(27-18)21(26)25-22-24-19(13(3)28-22)15-6-8-16(23)9-7-15/h5-11H,4H2,1-3H3,(H,24,25,26). The van der Waals surface area contributed by atoms with Crippen LogP contribution in [0.3, 0.4) is 0 Å². The molecule has 0 radical (unpaired) electrons. The van der Waals surface area contributed by atoms with Gasteiger partial charge in [0.05, 0.1) is 5.69 Å². The molecule has 0 aliphatic rings. The van der Waals surface area contributed by atoms with Gasteiger partial charge in [0.15, 0.2) is 10.9 Å². The number of furan rings is 1. The Bertz CT molecular complexity index is 1180. The molecular weight excluding hydrogens is 436 g/mol. The Morgan fingerprint density at radius 3 is 2.64 bits per heavy atom. The van der Waals surface area contributed by atoms with Crippen LogP contribution in [0.1, 0.15) is 33.5 Å². The smallest absolute Gasteiger partial charge is 0.293 e. The van der Waals surface area contributed by atoms with Crippen molar-refractivity contribution in [1.29, 1.82) is 0 Å². The van der Waals surface area contributed by atoms with E-state index in [0.717, 1.165) is 43.6 Å². The number of nitrogens with one attached hydrogen (secondary N) is 1. The lowest BCUT2D eigenvalue weighted by Crippen LogP contribution is -2.11. The molecule has 4 aromatic rings. The Kier molecular flexibility index (Phi) is 5.08. The Morgan fingerprint density at radius 1 is 1.18 bits per heavy atom. The van der Waals surface area contributed by atoms with Gasteiger partial charge in [-0.25, -0.2) is 4.98 Å². The molecular formula is C22H19BrN2O2S. The number of hydrogen-bond acceptors (Lipinski definition) is 4. The highest BCUT2D eigenvalue weighted by molar-refractivity contribution is 9.10. The molecule has 0 fully saturated rings. The zero-order valence-corrected chi connectivity index (χ0v) is 18.2. The molecule has 2 aromatic carbocycles. The third kappa shape index (κ3) is 3.50. The first-order valence-corrected chi connectivity index (χ1v) is 10.6. The predicted octanol–water partition coefficient (Wildman–Crippen LogP) is 6.75. The molecule has 0 aliphatic heterocycles. The molecule has 0 atom stereocenters. The number of amides is 1. The van der Waals surface area contributed by atoms with E-state index in [1.54, 1.807) is 0 Å². The van der Waals surface area contributed by atoms with E-state index < -0.39 is 0 Å². The number of aromatic nitrogens is 1. The lowest BCUT2D eigenvalue weighted by atomic mass is 10.1. The highest BCUT2D eigenvalue weighted by Gasteiger charge is 2.20. The molecule has 0 unspecified atom stereocenters. The van der Waals surface area contributed by atoms with Crippen molar-refractivity contribution >= 4 is 49.3 Å². The van der Waals surface area contributed by atoms with Crippen LogP contribution in [0, 0.1) is 13.8 Å². The normalized spacial score (nSPS) is 11.1. The van der Waals surface area contributed by atoms with Crippen LogP contribution >= 0.6 is 27.3 Å². The minimum Gasteiger partial charge on any atom is -0.451 e. The average molecular weight is 455 g/mol. The summed E-state index contributed by atoms with van der Waals surface area (Å²) in [6, 6.07) is 14.0. The number of carbonyl (C=O) groups excluding carboxylic acids is 1. The summed E-state index contributed by atoms with van der Waals surface area (Å²) >= 11 is 4.90. The van der Waals surface area contributed by atoms with Crippen LogP contribution in [0.25, 0.3) is 22.2 Å². The molecule has 0 saturated heterocycles. The summed E-state index contributed by atoms with van der Waals surface area (Å²) in [5, 5.41) is 4.44. The number of anilines is 1. The van der Waals surface area contributed by atoms with Crippen LogP contribution < -0.4 is 5.32 Å². The molecule has 2 aromatic heterocycles. The van der Waals surface area contributed by atoms with Crippen LogP contribution in [0.15, 0.2) is 51.4 Å². The number of aryl methyl sites for hydroxylation is 3. The maximum absolute atomic E-state index is 12.8. The summed E-state index contributed by atoms with van der Waals surface area (Å²) in [5.74, 6) is 0.0594. The number of hydrogen-bond donors (Lipinski definition) is 1. The second-order valence-electron chi connectivity index (χ2n) is 6.63. The largest absolute Gasteiger partial charge is 0.451 e. The number of thiazole rings is 1. The zero-order chi connectivity index (χ0) is 19.8. The van der Waals surface area contributed by atoms with Gasteiger partial charge in [0.25, 0.3) is 5.91 Å². The van der Waals surface area contributed by atoms with Crippen LogP contribution in [0.4, 0.5) is 5.13 Å². The van der Waals surface area contributed by atoms with Gasteiger partial charge < -0.3 is 4.42 Å². The van der Waals surface area contributed by atoms with Crippen LogP contribution in [0.5, 0.6) is 0 Å². The second-order valence-corrected chi connectivity index (χ2v) is 8.74. The van der Waals surface area contributed by atoms with Crippen molar-refractivity contribution in [2.45, 2.75) is 27.2 Å². The van der Waals surface area contributed by atoms with Gasteiger partial charge in [-0.2, -0.15) is 0 Å². The minimum atomic E-state index is -0.275. The first-order valence-electron chi connectivity index (χ1n) is 9.03. The van der Waals surface area contributed by atoms with Crippen molar-refractivity contribution in [3.05, 3.63) is 68.7 Å². The predicted molar refractivity (Wildman–Crippen MR) is 118 cm³/mol. The van der Waals surface area contributed by atoms with Crippen molar-refractivity contribution in [3.8, 4) is 11.3 Å². The fourth-order valence-electron chi connectivity index (χ4n) is 3.18. The highest BCUT2D eigenvalue weighted by atomic mass is 79.9. The van der Waals surface area contributed by atoms with Crippen molar-refractivity contribution in [2.75, 3.05) is 5.32 Å². The lowest BCUT2D eigenvalue weighted by Gasteiger charge is -2.00. The molecule has 0 saturated carbocycles. The zero-order valence-electron chi connectivity index (χ0n) is 15.8. The van der Waals surface area contributed by atoms with E-state index in [1.807, 2.05) is 50.2 Å². The number of fused-ring (bicyclic) bond motifs is 1. The first-order chi connectivity index (χ1) is 13.5. The molecule has 0 spiro atoms. The van der Waals surface area contributed by atoms with Crippen LogP contribution in [-0.4, -0.2) is 10.9 Å². The van der Waals surface area contributed by atoms with Crippen molar-refractivity contribution in [3.63, 3.8) is 0 Å². The number of benzene rings is 2. The number of rotatable bonds is 4. The Hall–Kier alpha value is -2.44. The first kappa shape index (κ1) is 18.9. The van der Waals surface area contributed by atoms with Crippen molar-refractivity contribution in [2.24, 2.45) is 0 Å². The summed E-state index contributed by atoms with van der Waals surface area (Å²) in [4.78, 5) is 18.5. The third-order valence-corrected chi connectivity index (χ3v) is 6.16. The Morgan fingerprint density at radius 2 is 1.93 bits per heavy atom. The average Bonchev–Trinajstić information content (AvgIpc) is 3.22. The SMILES string of the molecule is CCc1ccc2oc(C(=O)Nc3nc(-c4ccc(Br)cc4)c(C)s3)c(C)c2c1. The lowest BCUT2D eigenvalue weighted by molar-refractivity contribution is 0.0998. The number of carbonyl (C=O) groups is 1. The van der Waals surface area contributed by atoms with Crippen molar-refractivity contribution < 1.29 is 9.21 Å². The van der Waals surface area contributed by atoms with E-state index in [-0.39, 0.29) is 5.91 Å². The van der Waals surface area contributed by atoms with Crippen LogP contribution in [-0.2, 0) is 6.42 Å². The molecule has 142 valence electrons. The van der Waals surface area contributed by atoms with E-state index in [4.69, 9.17) is 4.42 Å². The molecule has 0 bridgehead atoms. The minimum absolute atomic E-state index is 0.275. The van der Waals surface area contributed by atoms with E-state index in [2.05, 4.69) is 39.2 Å². The molecule has 1 N–H and O–H groups in total. The molecule has 4 rings (SSSR count). The van der Waals surface area contributed by atoms with Crippen molar-refractivity contribution in [1.82, 2.24) is 4.98 Å². The Balaban J connectivity index is 1.62. The molecule has 4 nitrogen and oxygen atoms in total. The summed E-state index contributed by atoms with van der Waals surface area (Å²) in [7, 11) is 0. The van der Waals surface area contributed by atoms with Gasteiger partial charge >= 0.3 is 0 Å². The molecule has 1 amide bonds. The third-order valence-electron chi connectivity index (χ3n) is 4.75. The number of halogens is 1. The summed E-state index contributed by atoms with van der Waals surface area (Å²) in [6.07, 6.45) is 0.944. The maximum Gasteiger partial charge on any atom is 0.293 e. The van der Waals surface area contributed by atoms with Gasteiger partial charge in [-0.15, -0.1) is 11.3 Å². The topological polar surface area (TPSA) is 55.1 Å². The second kappa shape index (κ2) is 7.53. The van der Waals surface area contributed by atoms with Gasteiger partial charge in [0, 0.05) is 25.9 Å². The van der Waals surface area contributed by atoms with E-state index in [0.29, 0.717) is 10.9 Å². The highest BCUT2D eigenvalue weighted by Crippen LogP contribution is 2.32. The molecule has 2 heterocycles. The fourth-order valence-corrected chi connectivity index (χ4v) is 4.28. The summed E-state index contributed by atoms with van der Waals surface area (Å²) < 4.78 is 6.84. The van der Waals surface area contributed by atoms with Crippen LogP contribution in [0.2, 0.25) is 0 Å². The van der Waals surface area contributed by atoms with Gasteiger partial charge in [-0.1, -0.05) is 41.1 Å². The maximum atomic E-state index is 12.8. The van der Waals surface area contributed by atoms with E-state index >= 15 is 0 Å². The van der Waals surface area contributed by atoms with Gasteiger partial charge in [0.2, 0.25) is 0 Å². The molecule has 0 aliphatic carbocycles. The van der Waals surface area contributed by atoms with E-state index in [1.165, 1.54) is 16.9 Å². The quantitative estimate of drug-likeness (QED) is 0.370. The fraction of sp³-hybridized carbons (Fsp3) is 0.182. The van der Waals surface area contributed by atoms with Gasteiger partial charge in [-0.3, -0.25) is 10.1 Å².